The number of rotatable bonds is 6. The highest BCUT2D eigenvalue weighted by atomic mass is 35.5. The van der Waals surface area contributed by atoms with Gasteiger partial charge in [0, 0.05) is 30.0 Å². The number of esters is 1. The van der Waals surface area contributed by atoms with Crippen LogP contribution in [0.1, 0.15) is 38.8 Å². The fraction of sp³-hybridized carbons (Fsp3) is 0.200. The van der Waals surface area contributed by atoms with E-state index in [1.807, 2.05) is 24.3 Å². The normalized spacial score (nSPS) is 12.4. The smallest absolute Gasteiger partial charge is 0.339 e. The number of carbonyl (C=O) groups excluding carboxylic acids is 2. The van der Waals surface area contributed by atoms with Crippen LogP contribution >= 0.6 is 11.6 Å². The lowest BCUT2D eigenvalue weighted by molar-refractivity contribution is 0.0526. The Labute approximate surface area is 186 Å². The second kappa shape index (κ2) is 9.23. The minimum absolute atomic E-state index is 0.225. The molecule has 0 bridgehead atoms. The van der Waals surface area contributed by atoms with Crippen LogP contribution in [0.2, 0.25) is 5.02 Å². The molecule has 1 aliphatic rings. The van der Waals surface area contributed by atoms with Crippen LogP contribution in [0.15, 0.2) is 66.7 Å². The second-order valence-electron chi connectivity index (χ2n) is 7.37. The van der Waals surface area contributed by atoms with E-state index < -0.39 is 5.97 Å². The Balaban J connectivity index is 1.42. The van der Waals surface area contributed by atoms with Gasteiger partial charge < -0.3 is 15.0 Å². The lowest BCUT2D eigenvalue weighted by Crippen LogP contribution is -2.19. The van der Waals surface area contributed by atoms with Gasteiger partial charge in [-0.3, -0.25) is 4.79 Å². The quantitative estimate of drug-likeness (QED) is 0.532. The summed E-state index contributed by atoms with van der Waals surface area (Å²) in [4.78, 5) is 27.0. The molecule has 1 aliphatic heterocycles. The number of nitrogens with zero attached hydrogens (tertiary/aromatic N) is 1. The Morgan fingerprint density at radius 2 is 1.84 bits per heavy atom. The molecule has 6 heteroatoms. The summed E-state index contributed by atoms with van der Waals surface area (Å²) in [6, 6.07) is 20.8. The van der Waals surface area contributed by atoms with Gasteiger partial charge in [0.15, 0.2) is 0 Å². The lowest BCUT2D eigenvalue weighted by Gasteiger charge is -2.19. The zero-order valence-electron chi connectivity index (χ0n) is 17.2. The number of hydrogen-bond donors (Lipinski definition) is 1. The average molecular weight is 435 g/mol. The van der Waals surface area contributed by atoms with E-state index in [0.717, 1.165) is 25.1 Å². The molecule has 0 saturated heterocycles. The highest BCUT2D eigenvalue weighted by molar-refractivity contribution is 6.33. The van der Waals surface area contributed by atoms with Gasteiger partial charge in [-0.25, -0.2) is 4.79 Å². The second-order valence-corrected chi connectivity index (χ2v) is 7.77. The summed E-state index contributed by atoms with van der Waals surface area (Å²) in [5.74, 6) is -0.772. The molecule has 31 heavy (non-hydrogen) atoms. The van der Waals surface area contributed by atoms with E-state index >= 15 is 0 Å². The van der Waals surface area contributed by atoms with Gasteiger partial charge in [0.1, 0.15) is 0 Å². The number of anilines is 2. The van der Waals surface area contributed by atoms with Crippen LogP contribution in [0.5, 0.6) is 0 Å². The van der Waals surface area contributed by atoms with E-state index in [0.29, 0.717) is 11.3 Å². The molecule has 3 aromatic carbocycles. The van der Waals surface area contributed by atoms with Crippen molar-refractivity contribution in [3.05, 3.63) is 94.0 Å². The molecule has 4 rings (SSSR count). The van der Waals surface area contributed by atoms with E-state index in [2.05, 4.69) is 34.5 Å². The number of nitrogens with one attached hydrogen (secondary N) is 1. The third-order valence-corrected chi connectivity index (χ3v) is 5.62. The highest BCUT2D eigenvalue weighted by Gasteiger charge is 2.18. The molecule has 0 radical (unpaired) electrons. The van der Waals surface area contributed by atoms with Crippen molar-refractivity contribution in [1.29, 1.82) is 0 Å². The minimum Gasteiger partial charge on any atom is -0.462 e. The predicted molar refractivity (Wildman–Crippen MR) is 123 cm³/mol. The number of para-hydroxylation sites is 1. The zero-order valence-corrected chi connectivity index (χ0v) is 18.0. The molecule has 0 aromatic heterocycles. The molecule has 158 valence electrons. The topological polar surface area (TPSA) is 58.6 Å². The zero-order chi connectivity index (χ0) is 21.8. The van der Waals surface area contributed by atoms with Crippen molar-refractivity contribution in [3.8, 4) is 0 Å². The summed E-state index contributed by atoms with van der Waals surface area (Å²) >= 11 is 6.08. The van der Waals surface area contributed by atoms with Crippen molar-refractivity contribution in [2.75, 3.05) is 23.4 Å². The van der Waals surface area contributed by atoms with Crippen LogP contribution in [0.3, 0.4) is 0 Å². The summed E-state index contributed by atoms with van der Waals surface area (Å²) in [6.45, 7) is 3.78. The summed E-state index contributed by atoms with van der Waals surface area (Å²) in [6.07, 6.45) is 1.06. The Hall–Kier alpha value is -3.31. The molecular formula is C25H23ClN2O3. The molecule has 0 atom stereocenters. The molecule has 1 amide bonds. The monoisotopic (exact) mass is 434 g/mol. The van der Waals surface area contributed by atoms with E-state index in [1.54, 1.807) is 19.1 Å². The van der Waals surface area contributed by atoms with Crippen LogP contribution in [0.25, 0.3) is 0 Å². The van der Waals surface area contributed by atoms with Gasteiger partial charge >= 0.3 is 5.97 Å². The molecule has 5 nitrogen and oxygen atoms in total. The number of hydrogen-bond acceptors (Lipinski definition) is 4. The van der Waals surface area contributed by atoms with Crippen molar-refractivity contribution >= 4 is 34.9 Å². The summed E-state index contributed by atoms with van der Waals surface area (Å²) in [7, 11) is 0. The molecule has 0 fully saturated rings. The van der Waals surface area contributed by atoms with Gasteiger partial charge in [-0.1, -0.05) is 41.9 Å². The first-order valence-corrected chi connectivity index (χ1v) is 10.6. The van der Waals surface area contributed by atoms with Crippen LogP contribution < -0.4 is 10.2 Å². The Bertz CT molecular complexity index is 1110. The van der Waals surface area contributed by atoms with Crippen LogP contribution in [0, 0.1) is 0 Å². The number of carbonyl (C=O) groups is 2. The van der Waals surface area contributed by atoms with Gasteiger partial charge in [0.05, 0.1) is 17.2 Å². The van der Waals surface area contributed by atoms with Gasteiger partial charge in [0.2, 0.25) is 0 Å². The van der Waals surface area contributed by atoms with Crippen molar-refractivity contribution in [2.45, 2.75) is 19.9 Å². The maximum atomic E-state index is 12.7. The summed E-state index contributed by atoms with van der Waals surface area (Å²) in [5, 5.41) is 3.09. The Morgan fingerprint density at radius 1 is 1.06 bits per heavy atom. The molecule has 3 aromatic rings. The molecule has 0 aliphatic carbocycles. The van der Waals surface area contributed by atoms with Crippen LogP contribution in [-0.2, 0) is 17.7 Å². The van der Waals surface area contributed by atoms with E-state index in [4.69, 9.17) is 16.3 Å². The van der Waals surface area contributed by atoms with Gasteiger partial charge in [0.25, 0.3) is 5.91 Å². The number of ether oxygens (including phenoxy) is 1. The van der Waals surface area contributed by atoms with E-state index in [-0.39, 0.29) is 23.1 Å². The van der Waals surface area contributed by atoms with Crippen LogP contribution in [0.4, 0.5) is 11.4 Å². The number of amides is 1. The molecule has 0 saturated carbocycles. The van der Waals surface area contributed by atoms with Gasteiger partial charge in [-0.05, 0) is 60.9 Å². The molecule has 0 unspecified atom stereocenters. The van der Waals surface area contributed by atoms with E-state index in [9.17, 15) is 9.59 Å². The molecule has 0 spiro atoms. The van der Waals surface area contributed by atoms with Crippen molar-refractivity contribution in [1.82, 2.24) is 0 Å². The number of halogens is 1. The average Bonchev–Trinajstić information content (AvgIpc) is 3.18. The van der Waals surface area contributed by atoms with Gasteiger partial charge in [-0.2, -0.15) is 0 Å². The van der Waals surface area contributed by atoms with E-state index in [1.165, 1.54) is 17.3 Å². The molecule has 1 heterocycles. The number of benzene rings is 3. The van der Waals surface area contributed by atoms with Crippen molar-refractivity contribution < 1.29 is 14.3 Å². The minimum atomic E-state index is -0.517. The van der Waals surface area contributed by atoms with Gasteiger partial charge in [-0.15, -0.1) is 0 Å². The highest BCUT2D eigenvalue weighted by Crippen LogP contribution is 2.29. The first-order chi connectivity index (χ1) is 15.0. The maximum Gasteiger partial charge on any atom is 0.339 e. The first-order valence-electron chi connectivity index (χ1n) is 10.2. The Kier molecular flexibility index (Phi) is 6.23. The molecule has 1 N–H and O–H groups in total. The fourth-order valence-electron chi connectivity index (χ4n) is 3.72. The fourth-order valence-corrected chi connectivity index (χ4v) is 3.92. The number of fused-ring (bicyclic) bond motifs is 1. The maximum absolute atomic E-state index is 12.7. The first kappa shape index (κ1) is 20.9. The Morgan fingerprint density at radius 3 is 2.61 bits per heavy atom. The van der Waals surface area contributed by atoms with Crippen molar-refractivity contribution in [2.24, 2.45) is 0 Å². The largest absolute Gasteiger partial charge is 0.462 e. The summed E-state index contributed by atoms with van der Waals surface area (Å²) < 4.78 is 5.00. The third kappa shape index (κ3) is 4.72. The van der Waals surface area contributed by atoms with Crippen molar-refractivity contribution in [3.63, 3.8) is 0 Å². The summed E-state index contributed by atoms with van der Waals surface area (Å²) in [5.41, 5.74) is 5.05. The lowest BCUT2D eigenvalue weighted by atomic mass is 10.1. The predicted octanol–water partition coefficient (Wildman–Crippen LogP) is 5.33. The third-order valence-electron chi connectivity index (χ3n) is 5.29. The molecular weight excluding hydrogens is 412 g/mol. The van der Waals surface area contributed by atoms with Crippen LogP contribution in [-0.4, -0.2) is 25.0 Å². The SMILES string of the molecule is CCOC(=O)c1cc(NC(=O)c2ccc(CN3CCc4ccccc43)cc2)ccc1Cl. The standard InChI is InChI=1S/C25H23ClN2O3/c1-2-31-25(30)21-15-20(11-12-22(21)26)27-24(29)19-9-7-17(8-10-19)16-28-14-13-18-5-3-4-6-23(18)28/h3-12,15H,2,13-14,16H2,1H3,(H,27,29).